The largest absolute Gasteiger partial charge is 0.332 e. The summed E-state index contributed by atoms with van der Waals surface area (Å²) in [7, 11) is 0. The van der Waals surface area contributed by atoms with Crippen molar-refractivity contribution in [3.8, 4) is 11.3 Å². The van der Waals surface area contributed by atoms with E-state index < -0.39 is 35.5 Å². The van der Waals surface area contributed by atoms with Crippen molar-refractivity contribution in [2.24, 2.45) is 5.73 Å². The van der Waals surface area contributed by atoms with Crippen LogP contribution in [0.25, 0.3) is 11.3 Å². The third kappa shape index (κ3) is 5.49. The second-order valence-electron chi connectivity index (χ2n) is 9.49. The zero-order chi connectivity index (χ0) is 28.4. The van der Waals surface area contributed by atoms with Gasteiger partial charge >= 0.3 is 5.69 Å². The molecule has 7 nitrogen and oxygen atoms in total. The van der Waals surface area contributed by atoms with Crippen molar-refractivity contribution in [2.45, 2.75) is 33.0 Å². The first kappa shape index (κ1) is 27.2. The summed E-state index contributed by atoms with van der Waals surface area (Å²) in [5, 5.41) is 5.47. The monoisotopic (exact) mass is 559 g/mol. The van der Waals surface area contributed by atoms with E-state index in [4.69, 9.17) is 5.73 Å². The van der Waals surface area contributed by atoms with Crippen LogP contribution in [0.15, 0.2) is 87.8 Å². The van der Waals surface area contributed by atoms with Crippen LogP contribution >= 0.6 is 11.3 Å². The highest BCUT2D eigenvalue weighted by atomic mass is 32.1. The Hall–Kier alpha value is -4.41. The van der Waals surface area contributed by atoms with Gasteiger partial charge in [0.15, 0.2) is 5.13 Å². The molecule has 0 fully saturated rings. The number of hydrogen-bond donors (Lipinski definition) is 2. The van der Waals surface area contributed by atoms with Gasteiger partial charge in [0.05, 0.1) is 24.3 Å². The second kappa shape index (κ2) is 11.4. The van der Waals surface area contributed by atoms with E-state index in [1.165, 1.54) is 22.0 Å². The van der Waals surface area contributed by atoms with E-state index in [0.717, 1.165) is 33.5 Å². The molecule has 204 valence electrons. The fourth-order valence-electron chi connectivity index (χ4n) is 4.49. The maximum Gasteiger partial charge on any atom is 0.331 e. The molecule has 2 heterocycles. The summed E-state index contributed by atoms with van der Waals surface area (Å²) in [6.07, 6.45) is 0. The fraction of sp³-hybridized carbons (Fsp3) is 0.167. The van der Waals surface area contributed by atoms with Gasteiger partial charge in [0.2, 0.25) is 0 Å². The lowest BCUT2D eigenvalue weighted by atomic mass is 10.1. The molecule has 0 amide bonds. The molecule has 40 heavy (non-hydrogen) atoms. The quantitative estimate of drug-likeness (QED) is 0.261. The number of anilines is 2. The van der Waals surface area contributed by atoms with E-state index in [1.54, 1.807) is 12.3 Å². The third-order valence-corrected chi connectivity index (χ3v) is 7.49. The van der Waals surface area contributed by atoms with Crippen LogP contribution < -0.4 is 22.3 Å². The molecule has 0 bridgehead atoms. The molecule has 0 aliphatic heterocycles. The van der Waals surface area contributed by atoms with Crippen molar-refractivity contribution in [1.82, 2.24) is 14.1 Å². The molecule has 1 atom stereocenters. The molecule has 0 saturated heterocycles. The summed E-state index contributed by atoms with van der Waals surface area (Å²) in [4.78, 5) is 32.1. The predicted molar refractivity (Wildman–Crippen MR) is 154 cm³/mol. The smallest absolute Gasteiger partial charge is 0.331 e. The topological polar surface area (TPSA) is 94.9 Å². The van der Waals surface area contributed by atoms with Gasteiger partial charge in [-0.3, -0.25) is 13.9 Å². The molecule has 0 aliphatic rings. The van der Waals surface area contributed by atoms with Gasteiger partial charge in [-0.25, -0.2) is 18.6 Å². The van der Waals surface area contributed by atoms with Crippen LogP contribution in [0.4, 0.5) is 19.6 Å². The van der Waals surface area contributed by atoms with Crippen molar-refractivity contribution in [3.05, 3.63) is 133 Å². The molecule has 0 spiro atoms. The first-order valence-corrected chi connectivity index (χ1v) is 13.5. The minimum Gasteiger partial charge on any atom is -0.332 e. The van der Waals surface area contributed by atoms with Crippen LogP contribution in [0.2, 0.25) is 0 Å². The van der Waals surface area contributed by atoms with E-state index in [9.17, 15) is 18.4 Å². The Morgan fingerprint density at radius 1 is 0.925 bits per heavy atom. The Bertz CT molecular complexity index is 1760. The Labute approximate surface area is 233 Å². The third-order valence-electron chi connectivity index (χ3n) is 6.74. The van der Waals surface area contributed by atoms with Gasteiger partial charge in [0.25, 0.3) is 5.56 Å². The summed E-state index contributed by atoms with van der Waals surface area (Å²) in [5.74, 6) is -1.57. The molecule has 0 aliphatic carbocycles. The fourth-order valence-corrected chi connectivity index (χ4v) is 5.21. The molecule has 2 aromatic heterocycles. The summed E-state index contributed by atoms with van der Waals surface area (Å²) in [6.45, 7) is 3.03. The summed E-state index contributed by atoms with van der Waals surface area (Å²) in [6, 6.07) is 19.7. The van der Waals surface area contributed by atoms with Crippen LogP contribution in [-0.4, -0.2) is 14.1 Å². The molecule has 0 radical (unpaired) electrons. The zero-order valence-electron chi connectivity index (χ0n) is 21.9. The first-order chi connectivity index (χ1) is 19.2. The van der Waals surface area contributed by atoms with Gasteiger partial charge in [-0.1, -0.05) is 54.1 Å². The lowest BCUT2D eigenvalue weighted by Gasteiger charge is -2.19. The highest BCUT2D eigenvalue weighted by Crippen LogP contribution is 2.28. The van der Waals surface area contributed by atoms with Gasteiger partial charge in [0, 0.05) is 28.4 Å². The van der Waals surface area contributed by atoms with Crippen LogP contribution in [0.3, 0.4) is 0 Å². The minimum absolute atomic E-state index is 0.132. The molecule has 5 rings (SSSR count). The Morgan fingerprint density at radius 3 is 2.27 bits per heavy atom. The van der Waals surface area contributed by atoms with E-state index in [0.29, 0.717) is 10.8 Å². The van der Waals surface area contributed by atoms with Crippen LogP contribution in [0.1, 0.15) is 28.4 Å². The van der Waals surface area contributed by atoms with Crippen molar-refractivity contribution in [1.29, 1.82) is 0 Å². The average molecular weight is 560 g/mol. The second-order valence-corrected chi connectivity index (χ2v) is 10.3. The van der Waals surface area contributed by atoms with Crippen LogP contribution in [-0.2, 0) is 13.1 Å². The van der Waals surface area contributed by atoms with Gasteiger partial charge in [0.1, 0.15) is 11.6 Å². The number of aromatic nitrogens is 3. The van der Waals surface area contributed by atoms with Crippen LogP contribution in [0.5, 0.6) is 0 Å². The molecule has 0 unspecified atom stereocenters. The number of nitrogens with two attached hydrogens (primary N) is 1. The number of hydrogen-bond acceptors (Lipinski definition) is 6. The standard InChI is InChI=1S/C30H27F2N5O2S/c1-18-11-13-21(14-12-18)34-29-35-26(17-40-29)27-19(2)36(15-22-23(31)9-6-10-24(22)32)30(39)37(28(27)38)16-25(33)20-7-4-3-5-8-20/h3-14,17,25H,15-16,33H2,1-2H3,(H,34,35)/t25-/m0/s1. The number of halogens is 2. The van der Waals surface area contributed by atoms with Gasteiger partial charge in [-0.15, -0.1) is 11.3 Å². The first-order valence-electron chi connectivity index (χ1n) is 12.6. The van der Waals surface area contributed by atoms with Crippen molar-refractivity contribution in [3.63, 3.8) is 0 Å². The maximum atomic E-state index is 14.6. The van der Waals surface area contributed by atoms with E-state index in [1.807, 2.05) is 61.5 Å². The van der Waals surface area contributed by atoms with E-state index in [2.05, 4.69) is 10.3 Å². The zero-order valence-corrected chi connectivity index (χ0v) is 22.7. The number of rotatable bonds is 8. The van der Waals surface area contributed by atoms with Gasteiger partial charge < -0.3 is 11.1 Å². The molecule has 5 aromatic rings. The Balaban J connectivity index is 1.62. The summed E-state index contributed by atoms with van der Waals surface area (Å²) >= 11 is 1.29. The van der Waals surface area contributed by atoms with Crippen molar-refractivity contribution < 1.29 is 8.78 Å². The SMILES string of the molecule is Cc1ccc(Nc2nc(-c3c(C)n(Cc4c(F)cccc4F)c(=O)n(C[C@H](N)c4ccccc4)c3=O)cs2)cc1. The van der Waals surface area contributed by atoms with E-state index in [-0.39, 0.29) is 23.4 Å². The maximum absolute atomic E-state index is 14.6. The number of aryl methyl sites for hydroxylation is 1. The van der Waals surface area contributed by atoms with Gasteiger partial charge in [-0.2, -0.15) is 0 Å². The molecule has 10 heteroatoms. The Morgan fingerprint density at radius 2 is 1.60 bits per heavy atom. The predicted octanol–water partition coefficient (Wildman–Crippen LogP) is 5.52. The number of nitrogens with one attached hydrogen (secondary N) is 1. The number of thiazole rings is 1. The number of nitrogens with zero attached hydrogens (tertiary/aromatic N) is 3. The lowest BCUT2D eigenvalue weighted by Crippen LogP contribution is -2.44. The highest BCUT2D eigenvalue weighted by molar-refractivity contribution is 7.14. The van der Waals surface area contributed by atoms with Gasteiger partial charge in [-0.05, 0) is 43.7 Å². The minimum atomic E-state index is -0.787. The lowest BCUT2D eigenvalue weighted by molar-refractivity contribution is 0.493. The average Bonchev–Trinajstić information content (AvgIpc) is 3.40. The van der Waals surface area contributed by atoms with E-state index >= 15 is 0 Å². The molecule has 3 N–H and O–H groups in total. The normalized spacial score (nSPS) is 11.9. The molecule has 3 aromatic carbocycles. The molecular weight excluding hydrogens is 532 g/mol. The molecule has 0 saturated carbocycles. The molecular formula is C30H27F2N5O2S. The van der Waals surface area contributed by atoms with Crippen molar-refractivity contribution in [2.75, 3.05) is 5.32 Å². The number of benzene rings is 3. The Kier molecular flexibility index (Phi) is 7.72. The summed E-state index contributed by atoms with van der Waals surface area (Å²) < 4.78 is 31.4. The van der Waals surface area contributed by atoms with Crippen molar-refractivity contribution >= 4 is 22.2 Å². The summed E-state index contributed by atoms with van der Waals surface area (Å²) in [5.41, 5.74) is 8.24. The highest BCUT2D eigenvalue weighted by Gasteiger charge is 2.23. The van der Waals surface area contributed by atoms with Crippen LogP contribution in [0, 0.1) is 25.5 Å².